The second-order valence-electron chi connectivity index (χ2n) is 9.84. The molecule has 0 bridgehead atoms. The molecule has 0 aliphatic rings. The number of carbonyl (C=O) groups excluding carboxylic acids is 2. The molecular weight excluding hydrogens is 561 g/mol. The lowest BCUT2D eigenvalue weighted by atomic mass is 10.1. The SMILES string of the molecule is CCCCNC(=O)C(C)N(Cc1cccc(C)c1)C(=O)CN(c1ccc(F)cc1)S(=O)(=O)c1ccc(OC)c(OC)c1. The van der Waals surface area contributed by atoms with E-state index in [0.29, 0.717) is 12.3 Å². The van der Waals surface area contributed by atoms with Crippen LogP contribution in [0.1, 0.15) is 37.8 Å². The summed E-state index contributed by atoms with van der Waals surface area (Å²) in [5.41, 5.74) is 1.84. The molecule has 226 valence electrons. The van der Waals surface area contributed by atoms with Crippen LogP contribution in [0.3, 0.4) is 0 Å². The Bertz CT molecular complexity index is 1480. The van der Waals surface area contributed by atoms with E-state index in [2.05, 4.69) is 5.32 Å². The van der Waals surface area contributed by atoms with E-state index in [4.69, 9.17) is 9.47 Å². The van der Waals surface area contributed by atoms with E-state index in [0.717, 1.165) is 40.4 Å². The van der Waals surface area contributed by atoms with E-state index in [1.54, 1.807) is 6.92 Å². The van der Waals surface area contributed by atoms with E-state index in [-0.39, 0.29) is 28.8 Å². The third-order valence-corrected chi connectivity index (χ3v) is 8.54. The summed E-state index contributed by atoms with van der Waals surface area (Å²) in [7, 11) is -1.56. The Morgan fingerprint density at radius 1 is 0.976 bits per heavy atom. The molecule has 3 aromatic carbocycles. The topological polar surface area (TPSA) is 105 Å². The summed E-state index contributed by atoms with van der Waals surface area (Å²) in [4.78, 5) is 28.2. The molecule has 0 fully saturated rings. The van der Waals surface area contributed by atoms with Crippen molar-refractivity contribution in [1.82, 2.24) is 10.2 Å². The first-order valence-electron chi connectivity index (χ1n) is 13.6. The van der Waals surface area contributed by atoms with E-state index < -0.39 is 34.3 Å². The minimum Gasteiger partial charge on any atom is -0.493 e. The molecule has 0 aromatic heterocycles. The van der Waals surface area contributed by atoms with Gasteiger partial charge in [-0.1, -0.05) is 43.2 Å². The number of sulfonamides is 1. The van der Waals surface area contributed by atoms with Crippen LogP contribution < -0.4 is 19.1 Å². The Balaban J connectivity index is 2.04. The minimum atomic E-state index is -4.37. The van der Waals surface area contributed by atoms with Crippen LogP contribution in [0.2, 0.25) is 0 Å². The van der Waals surface area contributed by atoms with Crippen LogP contribution in [0, 0.1) is 12.7 Å². The molecule has 11 heteroatoms. The van der Waals surface area contributed by atoms with Crippen molar-refractivity contribution >= 4 is 27.5 Å². The van der Waals surface area contributed by atoms with Crippen molar-refractivity contribution in [3.8, 4) is 11.5 Å². The first-order valence-corrected chi connectivity index (χ1v) is 15.1. The lowest BCUT2D eigenvalue weighted by Gasteiger charge is -2.32. The number of methoxy groups -OCH3 is 2. The number of benzene rings is 3. The van der Waals surface area contributed by atoms with Crippen LogP contribution in [0.25, 0.3) is 0 Å². The Labute approximate surface area is 247 Å². The number of carbonyl (C=O) groups is 2. The molecule has 2 amide bonds. The number of halogens is 1. The standard InChI is InChI=1S/C31H38FN3O6S/c1-6-7-17-33-31(37)23(3)34(20-24-10-8-9-22(2)18-24)30(36)21-35(26-13-11-25(32)12-14-26)42(38,39)27-15-16-28(40-4)29(19-27)41-5/h8-16,18-19,23H,6-7,17,20-21H2,1-5H3,(H,33,37). The summed E-state index contributed by atoms with van der Waals surface area (Å²) >= 11 is 0. The molecule has 0 heterocycles. The molecule has 3 rings (SSSR count). The second-order valence-corrected chi connectivity index (χ2v) is 11.7. The van der Waals surface area contributed by atoms with Crippen LogP contribution >= 0.6 is 0 Å². The summed E-state index contributed by atoms with van der Waals surface area (Å²) in [5, 5.41) is 2.85. The first kappa shape index (κ1) is 32.4. The van der Waals surface area contributed by atoms with Crippen molar-refractivity contribution in [1.29, 1.82) is 0 Å². The normalized spacial score (nSPS) is 11.9. The number of nitrogens with zero attached hydrogens (tertiary/aromatic N) is 2. The van der Waals surface area contributed by atoms with Crippen LogP contribution in [0.4, 0.5) is 10.1 Å². The molecule has 0 aliphatic carbocycles. The van der Waals surface area contributed by atoms with E-state index in [1.165, 1.54) is 49.5 Å². The third-order valence-electron chi connectivity index (χ3n) is 6.77. The average molecular weight is 600 g/mol. The maximum Gasteiger partial charge on any atom is 0.264 e. The highest BCUT2D eigenvalue weighted by atomic mass is 32.2. The van der Waals surface area contributed by atoms with E-state index in [9.17, 15) is 22.4 Å². The molecule has 0 saturated carbocycles. The van der Waals surface area contributed by atoms with Gasteiger partial charge < -0.3 is 19.7 Å². The lowest BCUT2D eigenvalue weighted by molar-refractivity contribution is -0.139. The van der Waals surface area contributed by atoms with Gasteiger partial charge in [-0.05, 0) is 62.2 Å². The number of anilines is 1. The van der Waals surface area contributed by atoms with Crippen molar-refractivity contribution in [2.24, 2.45) is 0 Å². The molecule has 1 unspecified atom stereocenters. The molecule has 3 aromatic rings. The molecule has 0 aliphatic heterocycles. The molecule has 0 spiro atoms. The Kier molecular flexibility index (Phi) is 11.3. The van der Waals surface area contributed by atoms with E-state index in [1.807, 2.05) is 38.1 Å². The van der Waals surface area contributed by atoms with Gasteiger partial charge in [-0.3, -0.25) is 13.9 Å². The van der Waals surface area contributed by atoms with Crippen LogP contribution in [-0.4, -0.2) is 58.5 Å². The van der Waals surface area contributed by atoms with Gasteiger partial charge in [0.25, 0.3) is 10.0 Å². The fourth-order valence-corrected chi connectivity index (χ4v) is 5.80. The third kappa shape index (κ3) is 8.00. The number of hydrogen-bond acceptors (Lipinski definition) is 6. The quantitative estimate of drug-likeness (QED) is 0.270. The summed E-state index contributed by atoms with van der Waals surface area (Å²) in [6.07, 6.45) is 1.67. The predicted molar refractivity (Wildman–Crippen MR) is 160 cm³/mol. The van der Waals surface area contributed by atoms with Crippen molar-refractivity contribution in [2.75, 3.05) is 31.6 Å². The largest absolute Gasteiger partial charge is 0.493 e. The van der Waals surface area contributed by atoms with Crippen LogP contribution in [-0.2, 0) is 26.2 Å². The van der Waals surface area contributed by atoms with Gasteiger partial charge in [-0.2, -0.15) is 0 Å². The number of ether oxygens (including phenoxy) is 2. The summed E-state index contributed by atoms with van der Waals surface area (Å²) in [6, 6.07) is 15.5. The van der Waals surface area contributed by atoms with Crippen molar-refractivity contribution in [3.05, 3.63) is 83.7 Å². The van der Waals surface area contributed by atoms with Gasteiger partial charge in [0.1, 0.15) is 18.4 Å². The predicted octanol–water partition coefficient (Wildman–Crippen LogP) is 4.68. The smallest absolute Gasteiger partial charge is 0.264 e. The van der Waals surface area contributed by atoms with Gasteiger partial charge >= 0.3 is 0 Å². The molecular formula is C31H38FN3O6S. The maximum absolute atomic E-state index is 14.0. The van der Waals surface area contributed by atoms with Gasteiger partial charge in [0.05, 0.1) is 24.8 Å². The first-order chi connectivity index (χ1) is 20.0. The molecule has 1 atom stereocenters. The summed E-state index contributed by atoms with van der Waals surface area (Å²) in [6.45, 7) is 5.44. The van der Waals surface area contributed by atoms with Gasteiger partial charge in [0.15, 0.2) is 11.5 Å². The zero-order chi connectivity index (χ0) is 30.9. The number of aryl methyl sites for hydroxylation is 1. The van der Waals surface area contributed by atoms with Crippen LogP contribution in [0.5, 0.6) is 11.5 Å². The van der Waals surface area contributed by atoms with Gasteiger partial charge in [0, 0.05) is 19.2 Å². The Morgan fingerprint density at radius 2 is 1.67 bits per heavy atom. The van der Waals surface area contributed by atoms with E-state index >= 15 is 0 Å². The van der Waals surface area contributed by atoms with Crippen LogP contribution in [0.15, 0.2) is 71.6 Å². The Hall–Kier alpha value is -4.12. The minimum absolute atomic E-state index is 0.0788. The van der Waals surface area contributed by atoms with Gasteiger partial charge in [-0.15, -0.1) is 0 Å². The zero-order valence-electron chi connectivity index (χ0n) is 24.6. The summed E-state index contributed by atoms with van der Waals surface area (Å²) in [5.74, 6) is -1.01. The van der Waals surface area contributed by atoms with Crippen molar-refractivity contribution in [3.63, 3.8) is 0 Å². The number of nitrogens with one attached hydrogen (secondary N) is 1. The summed E-state index contributed by atoms with van der Waals surface area (Å²) < 4.78 is 53.3. The molecule has 0 radical (unpaired) electrons. The average Bonchev–Trinajstić information content (AvgIpc) is 2.98. The second kappa shape index (κ2) is 14.7. The number of unbranched alkanes of at least 4 members (excludes halogenated alkanes) is 1. The number of rotatable bonds is 14. The molecule has 42 heavy (non-hydrogen) atoms. The van der Waals surface area contributed by atoms with Crippen molar-refractivity contribution in [2.45, 2.75) is 51.1 Å². The molecule has 1 N–H and O–H groups in total. The highest BCUT2D eigenvalue weighted by molar-refractivity contribution is 7.92. The zero-order valence-corrected chi connectivity index (χ0v) is 25.4. The fraction of sp³-hybridized carbons (Fsp3) is 0.355. The lowest BCUT2D eigenvalue weighted by Crippen LogP contribution is -2.51. The highest BCUT2D eigenvalue weighted by Gasteiger charge is 2.33. The van der Waals surface area contributed by atoms with Gasteiger partial charge in [-0.25, -0.2) is 12.8 Å². The highest BCUT2D eigenvalue weighted by Crippen LogP contribution is 2.32. The van der Waals surface area contributed by atoms with Crippen molar-refractivity contribution < 1.29 is 31.9 Å². The Morgan fingerprint density at radius 3 is 2.29 bits per heavy atom. The monoisotopic (exact) mass is 599 g/mol. The maximum atomic E-state index is 14.0. The number of hydrogen-bond donors (Lipinski definition) is 1. The number of amides is 2. The molecule has 9 nitrogen and oxygen atoms in total. The van der Waals surface area contributed by atoms with Gasteiger partial charge in [0.2, 0.25) is 11.8 Å². The molecule has 0 saturated heterocycles. The fourth-order valence-electron chi connectivity index (χ4n) is 4.37.